The van der Waals surface area contributed by atoms with E-state index in [0.717, 1.165) is 0 Å². The summed E-state index contributed by atoms with van der Waals surface area (Å²) in [5.41, 5.74) is 11.8. The second-order valence-corrected chi connectivity index (χ2v) is 5.97. The Bertz CT molecular complexity index is 887. The standard InChI is InChI=1S/C19H18N2O5/c1-25-18(24)19(10-11-2-6-13(20)7-3-11)15(16(22)17(23)26-19)12-4-8-14(21)9-5-12/h2-9,22H,10,20-21H2,1H3. The van der Waals surface area contributed by atoms with Crippen molar-refractivity contribution in [3.05, 3.63) is 65.4 Å². The van der Waals surface area contributed by atoms with Gasteiger partial charge in [0.25, 0.3) is 0 Å². The molecule has 26 heavy (non-hydrogen) atoms. The lowest BCUT2D eigenvalue weighted by Crippen LogP contribution is -2.44. The van der Waals surface area contributed by atoms with Crippen molar-refractivity contribution in [1.82, 2.24) is 0 Å². The number of carbonyl (C=O) groups is 2. The fraction of sp³-hybridized carbons (Fsp3) is 0.158. The fourth-order valence-electron chi connectivity index (χ4n) is 3.00. The van der Waals surface area contributed by atoms with Crippen molar-refractivity contribution in [3.8, 4) is 0 Å². The largest absolute Gasteiger partial charge is 0.502 e. The maximum Gasteiger partial charge on any atom is 0.375 e. The number of nitrogen functional groups attached to an aromatic ring is 2. The van der Waals surface area contributed by atoms with Gasteiger partial charge in [-0.05, 0) is 35.4 Å². The molecule has 0 saturated heterocycles. The zero-order valence-corrected chi connectivity index (χ0v) is 14.1. The number of cyclic esters (lactones) is 1. The Morgan fingerprint density at radius 3 is 2.15 bits per heavy atom. The number of methoxy groups -OCH3 is 1. The average molecular weight is 354 g/mol. The first-order valence-electron chi connectivity index (χ1n) is 7.83. The van der Waals surface area contributed by atoms with E-state index in [9.17, 15) is 14.7 Å². The zero-order valence-electron chi connectivity index (χ0n) is 14.1. The summed E-state index contributed by atoms with van der Waals surface area (Å²) >= 11 is 0. The Hall–Kier alpha value is -3.48. The third-order valence-electron chi connectivity index (χ3n) is 4.25. The molecule has 1 atom stereocenters. The first-order valence-corrected chi connectivity index (χ1v) is 7.83. The number of benzene rings is 2. The van der Waals surface area contributed by atoms with E-state index < -0.39 is 23.3 Å². The summed E-state index contributed by atoms with van der Waals surface area (Å²) in [7, 11) is 1.19. The third kappa shape index (κ3) is 2.83. The molecule has 0 amide bonds. The molecule has 1 aliphatic rings. The zero-order chi connectivity index (χ0) is 18.9. The molecule has 0 aromatic heterocycles. The number of esters is 2. The molecule has 0 radical (unpaired) electrons. The van der Waals surface area contributed by atoms with E-state index in [0.29, 0.717) is 22.5 Å². The first kappa shape index (κ1) is 17.3. The Morgan fingerprint density at radius 1 is 1.08 bits per heavy atom. The molecule has 2 aromatic rings. The highest BCUT2D eigenvalue weighted by atomic mass is 16.6. The molecule has 0 bridgehead atoms. The van der Waals surface area contributed by atoms with Crippen LogP contribution >= 0.6 is 0 Å². The van der Waals surface area contributed by atoms with Crippen LogP contribution in [0.2, 0.25) is 0 Å². The van der Waals surface area contributed by atoms with Crippen LogP contribution in [0.15, 0.2) is 54.3 Å². The van der Waals surface area contributed by atoms with Gasteiger partial charge in [0.1, 0.15) is 0 Å². The van der Waals surface area contributed by atoms with Gasteiger partial charge in [0.15, 0.2) is 0 Å². The van der Waals surface area contributed by atoms with Crippen molar-refractivity contribution in [1.29, 1.82) is 0 Å². The summed E-state index contributed by atoms with van der Waals surface area (Å²) in [6.45, 7) is 0. The second kappa shape index (κ2) is 6.44. The monoisotopic (exact) mass is 354 g/mol. The Labute approximate surface area is 149 Å². The molecule has 1 heterocycles. The van der Waals surface area contributed by atoms with Gasteiger partial charge in [-0.15, -0.1) is 0 Å². The normalized spacial score (nSPS) is 19.3. The number of aliphatic hydroxyl groups is 1. The molecule has 2 aromatic carbocycles. The van der Waals surface area contributed by atoms with Gasteiger partial charge in [0, 0.05) is 17.8 Å². The summed E-state index contributed by atoms with van der Waals surface area (Å²) in [4.78, 5) is 24.8. The van der Waals surface area contributed by atoms with Crippen molar-refractivity contribution < 1.29 is 24.2 Å². The van der Waals surface area contributed by atoms with E-state index in [1.54, 1.807) is 48.5 Å². The summed E-state index contributed by atoms with van der Waals surface area (Å²) in [5, 5.41) is 10.3. The topological polar surface area (TPSA) is 125 Å². The predicted octanol–water partition coefficient (Wildman–Crippen LogP) is 1.83. The lowest BCUT2D eigenvalue weighted by molar-refractivity contribution is -0.169. The van der Waals surface area contributed by atoms with Crippen LogP contribution in [0.25, 0.3) is 5.57 Å². The van der Waals surface area contributed by atoms with Gasteiger partial charge >= 0.3 is 11.9 Å². The number of anilines is 2. The van der Waals surface area contributed by atoms with Gasteiger partial charge in [-0.2, -0.15) is 0 Å². The molecule has 7 nitrogen and oxygen atoms in total. The highest BCUT2D eigenvalue weighted by molar-refractivity contribution is 6.11. The minimum absolute atomic E-state index is 0.0184. The van der Waals surface area contributed by atoms with E-state index in [1.807, 2.05) is 0 Å². The van der Waals surface area contributed by atoms with Crippen LogP contribution in [-0.2, 0) is 25.5 Å². The van der Waals surface area contributed by atoms with E-state index >= 15 is 0 Å². The second-order valence-electron chi connectivity index (χ2n) is 5.97. The number of ether oxygens (including phenoxy) is 2. The smallest absolute Gasteiger partial charge is 0.375 e. The number of rotatable bonds is 4. The molecule has 134 valence electrons. The number of hydrogen-bond donors (Lipinski definition) is 3. The molecule has 0 fully saturated rings. The molecular formula is C19H18N2O5. The highest BCUT2D eigenvalue weighted by Crippen LogP contribution is 2.42. The Kier molecular flexibility index (Phi) is 4.29. The van der Waals surface area contributed by atoms with Crippen molar-refractivity contribution in [2.75, 3.05) is 18.6 Å². The lowest BCUT2D eigenvalue weighted by atomic mass is 9.83. The van der Waals surface area contributed by atoms with Crippen LogP contribution < -0.4 is 11.5 Å². The van der Waals surface area contributed by atoms with Gasteiger partial charge in [-0.3, -0.25) is 0 Å². The van der Waals surface area contributed by atoms with Gasteiger partial charge in [0.2, 0.25) is 11.4 Å². The van der Waals surface area contributed by atoms with Crippen LogP contribution in [0.3, 0.4) is 0 Å². The van der Waals surface area contributed by atoms with E-state index in [4.69, 9.17) is 20.9 Å². The lowest BCUT2D eigenvalue weighted by Gasteiger charge is -2.28. The van der Waals surface area contributed by atoms with Crippen molar-refractivity contribution in [2.45, 2.75) is 12.0 Å². The van der Waals surface area contributed by atoms with Crippen molar-refractivity contribution in [3.63, 3.8) is 0 Å². The molecule has 1 aliphatic heterocycles. The Balaban J connectivity index is 2.15. The van der Waals surface area contributed by atoms with Crippen LogP contribution in [0.4, 0.5) is 11.4 Å². The number of nitrogens with two attached hydrogens (primary N) is 2. The molecule has 5 N–H and O–H groups in total. The molecule has 0 spiro atoms. The van der Waals surface area contributed by atoms with E-state index in [-0.39, 0.29) is 12.0 Å². The number of hydrogen-bond acceptors (Lipinski definition) is 7. The van der Waals surface area contributed by atoms with Crippen molar-refractivity contribution in [2.24, 2.45) is 0 Å². The van der Waals surface area contributed by atoms with E-state index in [1.165, 1.54) is 7.11 Å². The first-order chi connectivity index (χ1) is 12.4. The minimum Gasteiger partial charge on any atom is -0.502 e. The van der Waals surface area contributed by atoms with E-state index in [2.05, 4.69) is 0 Å². The fourth-order valence-corrected chi connectivity index (χ4v) is 3.00. The number of aliphatic hydroxyl groups excluding tert-OH is 1. The van der Waals surface area contributed by atoms with Gasteiger partial charge in [0.05, 0.1) is 12.7 Å². The van der Waals surface area contributed by atoms with Gasteiger partial charge < -0.3 is 26.0 Å². The summed E-state index contributed by atoms with van der Waals surface area (Å²) in [6.07, 6.45) is -0.0184. The average Bonchev–Trinajstić information content (AvgIpc) is 2.88. The molecule has 0 saturated carbocycles. The van der Waals surface area contributed by atoms with Crippen LogP contribution in [0, 0.1) is 0 Å². The van der Waals surface area contributed by atoms with Crippen molar-refractivity contribution >= 4 is 28.9 Å². The van der Waals surface area contributed by atoms with Gasteiger partial charge in [-0.25, -0.2) is 9.59 Å². The molecule has 7 heteroatoms. The third-order valence-corrected chi connectivity index (χ3v) is 4.25. The number of carbonyl (C=O) groups excluding carboxylic acids is 2. The molecular weight excluding hydrogens is 336 g/mol. The molecule has 3 rings (SSSR count). The maximum atomic E-state index is 12.7. The summed E-state index contributed by atoms with van der Waals surface area (Å²) < 4.78 is 10.2. The minimum atomic E-state index is -1.80. The highest BCUT2D eigenvalue weighted by Gasteiger charge is 2.55. The summed E-state index contributed by atoms with van der Waals surface area (Å²) in [5.74, 6) is -2.41. The maximum absolute atomic E-state index is 12.7. The van der Waals surface area contributed by atoms with Crippen LogP contribution in [0.5, 0.6) is 0 Å². The summed E-state index contributed by atoms with van der Waals surface area (Å²) in [6, 6.07) is 13.2. The SMILES string of the molecule is COC(=O)C1(Cc2ccc(N)cc2)OC(=O)C(O)=C1c1ccc(N)cc1. The molecule has 0 aliphatic carbocycles. The molecule has 1 unspecified atom stereocenters. The quantitative estimate of drug-likeness (QED) is 0.565. The van der Waals surface area contributed by atoms with Gasteiger partial charge in [-0.1, -0.05) is 24.3 Å². The van der Waals surface area contributed by atoms with Crippen LogP contribution in [0.1, 0.15) is 11.1 Å². The van der Waals surface area contributed by atoms with Crippen LogP contribution in [-0.4, -0.2) is 29.8 Å². The predicted molar refractivity (Wildman–Crippen MR) is 95.8 cm³/mol. The Morgan fingerprint density at radius 2 is 1.62 bits per heavy atom.